The Balaban J connectivity index is 2.65. The molecular formula is C11H11FN2OS. The van der Waals surface area contributed by atoms with E-state index in [-0.39, 0.29) is 11.7 Å². The molecule has 16 heavy (non-hydrogen) atoms. The summed E-state index contributed by atoms with van der Waals surface area (Å²) >= 11 is 1.29. The van der Waals surface area contributed by atoms with Gasteiger partial charge in [0.25, 0.3) is 5.91 Å². The summed E-state index contributed by atoms with van der Waals surface area (Å²) in [7, 11) is 3.32. The molecule has 0 saturated heterocycles. The van der Waals surface area contributed by atoms with Gasteiger partial charge >= 0.3 is 0 Å². The molecule has 84 valence electrons. The SMILES string of the molecule is CN(C)C(=O)c1sc2ccc(F)cc2c1N. The van der Waals surface area contributed by atoms with Crippen LogP contribution in [0.1, 0.15) is 9.67 Å². The maximum absolute atomic E-state index is 13.0. The first kappa shape index (κ1) is 10.9. The molecule has 0 fully saturated rings. The average Bonchev–Trinajstić information content (AvgIpc) is 2.55. The van der Waals surface area contributed by atoms with Crippen LogP contribution < -0.4 is 5.73 Å². The van der Waals surface area contributed by atoms with Crippen LogP contribution in [0.15, 0.2) is 18.2 Å². The first-order valence-electron chi connectivity index (χ1n) is 4.70. The molecule has 0 aliphatic rings. The molecule has 2 aromatic rings. The molecule has 2 N–H and O–H groups in total. The van der Waals surface area contributed by atoms with Crippen molar-refractivity contribution >= 4 is 33.0 Å². The fourth-order valence-corrected chi connectivity index (χ4v) is 2.58. The quantitative estimate of drug-likeness (QED) is 0.828. The molecule has 0 spiro atoms. The van der Waals surface area contributed by atoms with Crippen LogP contribution in [0.25, 0.3) is 10.1 Å². The number of halogens is 1. The topological polar surface area (TPSA) is 46.3 Å². The molecule has 0 saturated carbocycles. The molecule has 0 aliphatic heterocycles. The van der Waals surface area contributed by atoms with Crippen molar-refractivity contribution in [3.63, 3.8) is 0 Å². The highest BCUT2D eigenvalue weighted by molar-refractivity contribution is 7.21. The van der Waals surface area contributed by atoms with Crippen molar-refractivity contribution in [1.82, 2.24) is 4.90 Å². The molecule has 0 bridgehead atoms. The summed E-state index contributed by atoms with van der Waals surface area (Å²) < 4.78 is 13.9. The highest BCUT2D eigenvalue weighted by atomic mass is 32.1. The number of amides is 1. The zero-order valence-corrected chi connectivity index (χ0v) is 9.77. The number of hydrogen-bond donors (Lipinski definition) is 1. The molecule has 0 aliphatic carbocycles. The number of anilines is 1. The fourth-order valence-electron chi connectivity index (χ4n) is 1.45. The zero-order chi connectivity index (χ0) is 11.9. The van der Waals surface area contributed by atoms with Gasteiger partial charge in [0.1, 0.15) is 10.7 Å². The molecule has 1 aromatic carbocycles. The van der Waals surface area contributed by atoms with E-state index in [9.17, 15) is 9.18 Å². The van der Waals surface area contributed by atoms with Gasteiger partial charge in [-0.25, -0.2) is 4.39 Å². The van der Waals surface area contributed by atoms with Crippen LogP contribution >= 0.6 is 11.3 Å². The Morgan fingerprint density at radius 1 is 1.44 bits per heavy atom. The number of thiophene rings is 1. The largest absolute Gasteiger partial charge is 0.397 e. The summed E-state index contributed by atoms with van der Waals surface area (Å²) in [5.41, 5.74) is 6.20. The first-order chi connectivity index (χ1) is 7.50. The third kappa shape index (κ3) is 1.63. The standard InChI is InChI=1S/C11H11FN2OS/c1-14(2)11(15)10-9(13)7-5-6(12)3-4-8(7)16-10/h3-5H,13H2,1-2H3. The Morgan fingerprint density at radius 2 is 2.12 bits per heavy atom. The Hall–Kier alpha value is -1.62. The van der Waals surface area contributed by atoms with Crippen molar-refractivity contribution in [2.75, 3.05) is 19.8 Å². The summed E-state index contributed by atoms with van der Waals surface area (Å²) in [6.07, 6.45) is 0. The summed E-state index contributed by atoms with van der Waals surface area (Å²) in [6.45, 7) is 0. The van der Waals surface area contributed by atoms with Gasteiger partial charge < -0.3 is 10.6 Å². The van der Waals surface area contributed by atoms with Gasteiger partial charge in [-0.1, -0.05) is 0 Å². The second-order valence-corrected chi connectivity index (χ2v) is 4.74. The molecule has 3 nitrogen and oxygen atoms in total. The lowest BCUT2D eigenvalue weighted by molar-refractivity contribution is 0.0833. The number of rotatable bonds is 1. The lowest BCUT2D eigenvalue weighted by atomic mass is 10.2. The van der Waals surface area contributed by atoms with Crippen molar-refractivity contribution in [2.24, 2.45) is 0 Å². The molecule has 0 radical (unpaired) electrons. The van der Waals surface area contributed by atoms with E-state index in [2.05, 4.69) is 0 Å². The van der Waals surface area contributed by atoms with E-state index in [0.29, 0.717) is 16.0 Å². The Kier molecular flexibility index (Phi) is 2.55. The minimum Gasteiger partial charge on any atom is -0.397 e. The maximum atomic E-state index is 13.0. The van der Waals surface area contributed by atoms with E-state index in [1.807, 2.05) is 0 Å². The first-order valence-corrected chi connectivity index (χ1v) is 5.51. The average molecular weight is 238 g/mol. The smallest absolute Gasteiger partial charge is 0.265 e. The van der Waals surface area contributed by atoms with Gasteiger partial charge in [0.2, 0.25) is 0 Å². The second kappa shape index (κ2) is 3.75. The molecule has 0 unspecified atom stereocenters. The van der Waals surface area contributed by atoms with E-state index in [4.69, 9.17) is 5.73 Å². The number of nitrogen functional groups attached to an aromatic ring is 1. The lowest BCUT2D eigenvalue weighted by Crippen LogP contribution is -2.21. The predicted molar refractivity (Wildman–Crippen MR) is 64.2 cm³/mol. The van der Waals surface area contributed by atoms with E-state index in [1.54, 1.807) is 20.2 Å². The molecule has 1 heterocycles. The molecule has 1 amide bonds. The molecule has 0 atom stereocenters. The van der Waals surface area contributed by atoms with Crippen LogP contribution in [-0.2, 0) is 0 Å². The fraction of sp³-hybridized carbons (Fsp3) is 0.182. The summed E-state index contributed by atoms with van der Waals surface area (Å²) in [4.78, 5) is 13.7. The van der Waals surface area contributed by atoms with E-state index in [1.165, 1.54) is 28.4 Å². The van der Waals surface area contributed by atoms with Gasteiger partial charge in [0.15, 0.2) is 0 Å². The van der Waals surface area contributed by atoms with Gasteiger partial charge in [-0.05, 0) is 18.2 Å². The van der Waals surface area contributed by atoms with Crippen LogP contribution in [0.4, 0.5) is 10.1 Å². The Bertz CT molecular complexity index is 562. The maximum Gasteiger partial charge on any atom is 0.265 e. The normalized spacial score (nSPS) is 10.7. The summed E-state index contributed by atoms with van der Waals surface area (Å²) in [6, 6.07) is 4.36. The lowest BCUT2D eigenvalue weighted by Gasteiger charge is -2.08. The number of hydrogen-bond acceptors (Lipinski definition) is 3. The van der Waals surface area contributed by atoms with Crippen LogP contribution in [0.2, 0.25) is 0 Å². The van der Waals surface area contributed by atoms with Crippen molar-refractivity contribution in [3.8, 4) is 0 Å². The van der Waals surface area contributed by atoms with Crippen molar-refractivity contribution in [3.05, 3.63) is 28.9 Å². The van der Waals surface area contributed by atoms with Gasteiger partial charge in [0, 0.05) is 24.2 Å². The van der Waals surface area contributed by atoms with E-state index < -0.39 is 0 Å². The molecule has 5 heteroatoms. The molecule has 1 aromatic heterocycles. The van der Waals surface area contributed by atoms with E-state index >= 15 is 0 Å². The highest BCUT2D eigenvalue weighted by Gasteiger charge is 2.17. The van der Waals surface area contributed by atoms with Crippen molar-refractivity contribution < 1.29 is 9.18 Å². The van der Waals surface area contributed by atoms with Crippen molar-refractivity contribution in [1.29, 1.82) is 0 Å². The van der Waals surface area contributed by atoms with Crippen LogP contribution in [0.5, 0.6) is 0 Å². The molecule has 2 rings (SSSR count). The summed E-state index contributed by atoms with van der Waals surface area (Å²) in [5.74, 6) is -0.500. The number of fused-ring (bicyclic) bond motifs is 1. The third-order valence-corrected chi connectivity index (χ3v) is 3.46. The minimum atomic E-state index is -0.346. The Morgan fingerprint density at radius 3 is 2.75 bits per heavy atom. The van der Waals surface area contributed by atoms with Gasteiger partial charge in [-0.2, -0.15) is 0 Å². The van der Waals surface area contributed by atoms with Gasteiger partial charge in [0.05, 0.1) is 5.69 Å². The number of carbonyl (C=O) groups is 1. The van der Waals surface area contributed by atoms with Crippen LogP contribution in [-0.4, -0.2) is 24.9 Å². The Labute approximate surface area is 96.3 Å². The van der Waals surface area contributed by atoms with Crippen LogP contribution in [0, 0.1) is 5.82 Å². The number of benzene rings is 1. The van der Waals surface area contributed by atoms with E-state index in [0.717, 1.165) is 4.70 Å². The third-order valence-electron chi connectivity index (χ3n) is 2.29. The zero-order valence-electron chi connectivity index (χ0n) is 8.95. The minimum absolute atomic E-state index is 0.154. The number of nitrogens with zero attached hydrogens (tertiary/aromatic N) is 1. The van der Waals surface area contributed by atoms with Gasteiger partial charge in [-0.3, -0.25) is 4.79 Å². The number of carbonyl (C=O) groups excluding carboxylic acids is 1. The number of nitrogens with two attached hydrogens (primary N) is 1. The monoisotopic (exact) mass is 238 g/mol. The second-order valence-electron chi connectivity index (χ2n) is 3.68. The summed E-state index contributed by atoms with van der Waals surface area (Å²) in [5, 5.41) is 0.607. The predicted octanol–water partition coefficient (Wildman–Crippen LogP) is 2.32. The van der Waals surface area contributed by atoms with Gasteiger partial charge in [-0.15, -0.1) is 11.3 Å². The molecular weight excluding hydrogens is 227 g/mol. The van der Waals surface area contributed by atoms with Crippen molar-refractivity contribution in [2.45, 2.75) is 0 Å². The highest BCUT2D eigenvalue weighted by Crippen LogP contribution is 2.34. The van der Waals surface area contributed by atoms with Crippen LogP contribution in [0.3, 0.4) is 0 Å².